The number of aromatic nitrogens is 1. The van der Waals surface area contributed by atoms with Gasteiger partial charge in [-0.1, -0.05) is 11.6 Å². The molecule has 1 aromatic carbocycles. The lowest BCUT2D eigenvalue weighted by Gasteiger charge is -2.32. The first kappa shape index (κ1) is 22.9. The first-order valence-electron chi connectivity index (χ1n) is 8.12. The molecule has 1 atom stereocenters. The number of aliphatic hydroxyl groups is 2. The Balaban J connectivity index is 2.80. The lowest BCUT2D eigenvalue weighted by molar-refractivity contribution is -0.265. The van der Waals surface area contributed by atoms with Crippen molar-refractivity contribution >= 4 is 17.7 Å². The summed E-state index contributed by atoms with van der Waals surface area (Å²) in [5, 5.41) is 30.7. The number of nitrogens with one attached hydrogen (secondary N) is 1. The molecule has 1 unspecified atom stereocenters. The molecule has 0 radical (unpaired) electrons. The van der Waals surface area contributed by atoms with Crippen LogP contribution in [0.4, 0.5) is 22.4 Å². The Morgan fingerprint density at radius 3 is 2.17 bits per heavy atom. The molecular formula is C18H17ClF4N2O4. The van der Waals surface area contributed by atoms with Gasteiger partial charge < -0.3 is 20.6 Å². The van der Waals surface area contributed by atoms with Crippen molar-refractivity contribution < 1.29 is 37.7 Å². The predicted octanol–water partition coefficient (Wildman–Crippen LogP) is 3.79. The maximum absolute atomic E-state index is 13.7. The Morgan fingerprint density at radius 2 is 1.72 bits per heavy atom. The highest BCUT2D eigenvalue weighted by atomic mass is 35.5. The van der Waals surface area contributed by atoms with E-state index in [-0.39, 0.29) is 21.8 Å². The molecule has 0 spiro atoms. The average Bonchev–Trinajstić information content (AvgIpc) is 2.58. The molecule has 0 aliphatic heterocycles. The van der Waals surface area contributed by atoms with Crippen molar-refractivity contribution in [2.75, 3.05) is 6.54 Å². The van der Waals surface area contributed by atoms with Crippen molar-refractivity contribution in [1.29, 1.82) is 0 Å². The van der Waals surface area contributed by atoms with Crippen molar-refractivity contribution in [2.45, 2.75) is 31.2 Å². The molecule has 1 amide bonds. The standard InChI is InChI=1S/C18H17ClF4N2O4/c1-16(2,28)11-7-12(17(29,18(21,22)23)8-24-15(26)27)25-14(13(11)19)9-3-5-10(20)6-4-9/h3-7,24,28-29H,8H2,1-2H3,(H,26,27). The van der Waals surface area contributed by atoms with Crippen LogP contribution in [0, 0.1) is 5.82 Å². The Bertz CT molecular complexity index is 914. The SMILES string of the molecule is CC(C)(O)c1cc(C(O)(CNC(=O)O)C(F)(F)F)nc(-c2ccc(F)cc2)c1Cl. The molecule has 158 valence electrons. The van der Waals surface area contributed by atoms with E-state index in [9.17, 15) is 32.6 Å². The predicted molar refractivity (Wildman–Crippen MR) is 95.9 cm³/mol. The van der Waals surface area contributed by atoms with Crippen LogP contribution < -0.4 is 5.32 Å². The lowest BCUT2D eigenvalue weighted by Crippen LogP contribution is -2.51. The first-order valence-corrected chi connectivity index (χ1v) is 8.50. The fourth-order valence-electron chi connectivity index (χ4n) is 2.53. The number of amides is 1. The van der Waals surface area contributed by atoms with E-state index in [4.69, 9.17) is 16.7 Å². The van der Waals surface area contributed by atoms with Gasteiger partial charge in [0.25, 0.3) is 0 Å². The van der Waals surface area contributed by atoms with Crippen LogP contribution in [0.5, 0.6) is 0 Å². The number of benzene rings is 1. The quantitative estimate of drug-likeness (QED) is 0.534. The molecule has 11 heteroatoms. The van der Waals surface area contributed by atoms with Gasteiger partial charge >= 0.3 is 12.3 Å². The van der Waals surface area contributed by atoms with Crippen LogP contribution in [-0.4, -0.2) is 39.1 Å². The highest BCUT2D eigenvalue weighted by Crippen LogP contribution is 2.42. The van der Waals surface area contributed by atoms with Crippen LogP contribution in [0.1, 0.15) is 25.1 Å². The number of rotatable bonds is 5. The number of halogens is 5. The monoisotopic (exact) mass is 436 g/mol. The van der Waals surface area contributed by atoms with Crippen molar-refractivity contribution in [3.63, 3.8) is 0 Å². The van der Waals surface area contributed by atoms with Crippen LogP contribution in [0.15, 0.2) is 30.3 Å². The Labute approximate surface area is 167 Å². The second kappa shape index (κ2) is 7.77. The van der Waals surface area contributed by atoms with Gasteiger partial charge in [0.2, 0.25) is 5.60 Å². The van der Waals surface area contributed by atoms with E-state index >= 15 is 0 Å². The number of pyridine rings is 1. The molecule has 0 fully saturated rings. The molecule has 0 saturated carbocycles. The van der Waals surface area contributed by atoms with Gasteiger partial charge in [-0.2, -0.15) is 13.2 Å². The van der Waals surface area contributed by atoms with E-state index in [1.165, 1.54) is 31.3 Å². The van der Waals surface area contributed by atoms with Gasteiger partial charge in [0.15, 0.2) is 0 Å². The van der Waals surface area contributed by atoms with Crippen LogP contribution in [0.2, 0.25) is 5.02 Å². The minimum Gasteiger partial charge on any atom is -0.465 e. The fourth-order valence-corrected chi connectivity index (χ4v) is 2.96. The first-order chi connectivity index (χ1) is 13.2. The third-order valence-electron chi connectivity index (χ3n) is 4.12. The van der Waals surface area contributed by atoms with Crippen molar-refractivity contribution in [3.8, 4) is 11.3 Å². The number of alkyl halides is 3. The third kappa shape index (κ3) is 4.77. The minimum atomic E-state index is -5.33. The second-order valence-corrected chi connectivity index (χ2v) is 7.18. The average molecular weight is 437 g/mol. The summed E-state index contributed by atoms with van der Waals surface area (Å²) in [5.74, 6) is -0.610. The van der Waals surface area contributed by atoms with Crippen LogP contribution in [-0.2, 0) is 11.2 Å². The molecule has 0 aliphatic rings. The maximum atomic E-state index is 13.7. The van der Waals surface area contributed by atoms with Gasteiger partial charge in [-0.15, -0.1) is 0 Å². The molecule has 2 aromatic rings. The topological polar surface area (TPSA) is 103 Å². The molecule has 0 saturated heterocycles. The zero-order valence-electron chi connectivity index (χ0n) is 15.2. The summed E-state index contributed by atoms with van der Waals surface area (Å²) in [4.78, 5) is 14.5. The minimum absolute atomic E-state index is 0.125. The van der Waals surface area contributed by atoms with Gasteiger partial charge in [-0.3, -0.25) is 0 Å². The highest BCUT2D eigenvalue weighted by Gasteiger charge is 2.57. The zero-order valence-corrected chi connectivity index (χ0v) is 15.9. The van der Waals surface area contributed by atoms with E-state index in [1.54, 1.807) is 0 Å². The molecule has 1 aromatic heterocycles. The summed E-state index contributed by atoms with van der Waals surface area (Å²) in [6.45, 7) is 1.07. The number of carboxylic acid groups (broad SMARTS) is 1. The fraction of sp³-hybridized carbons (Fsp3) is 0.333. The summed E-state index contributed by atoms with van der Waals surface area (Å²) in [6, 6.07) is 5.25. The summed E-state index contributed by atoms with van der Waals surface area (Å²) < 4.78 is 54.3. The van der Waals surface area contributed by atoms with E-state index in [2.05, 4.69) is 4.98 Å². The number of nitrogens with zero attached hydrogens (tertiary/aromatic N) is 1. The second-order valence-electron chi connectivity index (χ2n) is 6.80. The summed E-state index contributed by atoms with van der Waals surface area (Å²) in [6.07, 6.45) is -7.11. The van der Waals surface area contributed by atoms with Crippen molar-refractivity contribution in [1.82, 2.24) is 10.3 Å². The summed E-state index contributed by atoms with van der Waals surface area (Å²) >= 11 is 6.24. The van der Waals surface area contributed by atoms with Crippen LogP contribution in [0.3, 0.4) is 0 Å². The van der Waals surface area contributed by atoms with Crippen molar-refractivity contribution in [3.05, 3.63) is 52.4 Å². The molecule has 6 nitrogen and oxygen atoms in total. The molecule has 2 rings (SSSR count). The smallest absolute Gasteiger partial charge is 0.424 e. The molecule has 0 bridgehead atoms. The van der Waals surface area contributed by atoms with E-state index in [0.717, 1.165) is 18.2 Å². The molecule has 1 heterocycles. The molecule has 29 heavy (non-hydrogen) atoms. The van der Waals surface area contributed by atoms with Gasteiger partial charge in [0.05, 0.1) is 28.6 Å². The van der Waals surface area contributed by atoms with E-state index in [1.807, 2.05) is 0 Å². The Hall–Kier alpha value is -2.43. The van der Waals surface area contributed by atoms with Gasteiger partial charge in [-0.25, -0.2) is 14.2 Å². The summed E-state index contributed by atoms with van der Waals surface area (Å²) in [5.41, 5.74) is -6.76. The lowest BCUT2D eigenvalue weighted by atomic mass is 9.90. The number of hydrogen-bond acceptors (Lipinski definition) is 4. The van der Waals surface area contributed by atoms with Crippen LogP contribution in [0.25, 0.3) is 11.3 Å². The largest absolute Gasteiger partial charge is 0.465 e. The van der Waals surface area contributed by atoms with E-state index in [0.29, 0.717) is 0 Å². The molecule has 4 N–H and O–H groups in total. The molecule has 0 aliphatic carbocycles. The normalized spacial score (nSPS) is 14.4. The van der Waals surface area contributed by atoms with Gasteiger partial charge in [0, 0.05) is 11.1 Å². The zero-order chi connectivity index (χ0) is 22.2. The maximum Gasteiger partial charge on any atom is 0.424 e. The number of carbonyl (C=O) groups is 1. The number of hydrogen-bond donors (Lipinski definition) is 4. The van der Waals surface area contributed by atoms with Gasteiger partial charge in [-0.05, 0) is 44.2 Å². The molecular weight excluding hydrogens is 420 g/mol. The Kier molecular flexibility index (Phi) is 6.12. The van der Waals surface area contributed by atoms with Crippen LogP contribution >= 0.6 is 11.6 Å². The van der Waals surface area contributed by atoms with Gasteiger partial charge in [0.1, 0.15) is 5.82 Å². The van der Waals surface area contributed by atoms with Crippen molar-refractivity contribution in [2.24, 2.45) is 0 Å². The Morgan fingerprint density at radius 1 is 1.17 bits per heavy atom. The highest BCUT2D eigenvalue weighted by molar-refractivity contribution is 6.34. The van der Waals surface area contributed by atoms with E-state index < -0.39 is 41.5 Å². The summed E-state index contributed by atoms with van der Waals surface area (Å²) in [7, 11) is 0. The third-order valence-corrected chi connectivity index (χ3v) is 4.51.